The number of halogens is 2. The van der Waals surface area contributed by atoms with E-state index in [4.69, 9.17) is 0 Å². The minimum atomic E-state index is 0. The zero-order valence-corrected chi connectivity index (χ0v) is 15.5. The molecule has 1 unspecified atom stereocenters. The van der Waals surface area contributed by atoms with E-state index in [2.05, 4.69) is 34.6 Å². The van der Waals surface area contributed by atoms with Crippen LogP contribution in [0.5, 0.6) is 0 Å². The Bertz CT molecular complexity index is 266. The molecule has 0 saturated heterocycles. The van der Waals surface area contributed by atoms with Gasteiger partial charge in [-0.05, 0) is 0 Å². The van der Waals surface area contributed by atoms with E-state index in [-0.39, 0.29) is 24.8 Å². The standard InChI is InChI=1S/C12H19.2ClH.Hf/c1-6-7-12(5)8-9(2)10(3)11(12)4;;;/h6-7H2,1-5H3;2*1H;. The molecular formula is C12H21Cl2Hf. The summed E-state index contributed by atoms with van der Waals surface area (Å²) < 4.78 is 1.73. The molecule has 1 rings (SSSR count). The first-order valence-corrected chi connectivity index (χ1v) is 6.86. The van der Waals surface area contributed by atoms with Gasteiger partial charge >= 0.3 is 97.3 Å². The molecule has 15 heavy (non-hydrogen) atoms. The summed E-state index contributed by atoms with van der Waals surface area (Å²) in [5, 5.41) is 0. The molecule has 1 aliphatic carbocycles. The summed E-state index contributed by atoms with van der Waals surface area (Å²) in [6.45, 7) is 11.6. The largest absolute Gasteiger partial charge is 0.147 e. The Balaban J connectivity index is 0. The topological polar surface area (TPSA) is 0 Å². The Morgan fingerprint density at radius 3 is 1.80 bits per heavy atom. The normalized spacial score (nSPS) is 25.1. The molecule has 0 fully saturated rings. The number of allylic oxidation sites excluding steroid dienone is 4. The van der Waals surface area contributed by atoms with E-state index in [0.29, 0.717) is 5.41 Å². The van der Waals surface area contributed by atoms with Crippen molar-refractivity contribution in [2.45, 2.75) is 47.5 Å². The summed E-state index contributed by atoms with van der Waals surface area (Å²) >= 11 is 1.22. The molecule has 0 aromatic heterocycles. The minimum Gasteiger partial charge on any atom is -0.147 e. The van der Waals surface area contributed by atoms with Gasteiger partial charge in [0.05, 0.1) is 0 Å². The third-order valence-electron chi connectivity index (χ3n) is 3.63. The Hall–Kier alpha value is 0.930. The quantitative estimate of drug-likeness (QED) is 0.569. The van der Waals surface area contributed by atoms with Crippen molar-refractivity contribution in [1.82, 2.24) is 0 Å². The van der Waals surface area contributed by atoms with Crippen molar-refractivity contribution in [3.8, 4) is 0 Å². The number of hydrogen-bond acceptors (Lipinski definition) is 0. The first-order valence-electron chi connectivity index (χ1n) is 5.06. The van der Waals surface area contributed by atoms with Crippen LogP contribution < -0.4 is 0 Å². The molecular weight excluding hydrogens is 394 g/mol. The molecule has 87 valence electrons. The number of hydrogen-bond donors (Lipinski definition) is 0. The van der Waals surface area contributed by atoms with Crippen LogP contribution >= 0.6 is 24.8 Å². The van der Waals surface area contributed by atoms with Gasteiger partial charge in [-0.15, -0.1) is 24.8 Å². The van der Waals surface area contributed by atoms with E-state index >= 15 is 0 Å². The van der Waals surface area contributed by atoms with Gasteiger partial charge in [0.25, 0.3) is 0 Å². The summed E-state index contributed by atoms with van der Waals surface area (Å²) in [5.74, 6) is 0. The van der Waals surface area contributed by atoms with Gasteiger partial charge in [0.2, 0.25) is 0 Å². The minimum absolute atomic E-state index is 0. The smallest absolute Gasteiger partial charge is 0.147 e. The van der Waals surface area contributed by atoms with E-state index in [9.17, 15) is 0 Å². The van der Waals surface area contributed by atoms with Crippen LogP contribution in [0.25, 0.3) is 0 Å². The summed E-state index contributed by atoms with van der Waals surface area (Å²) in [6.07, 6.45) is 2.62. The van der Waals surface area contributed by atoms with Gasteiger partial charge in [-0.25, -0.2) is 0 Å². The zero-order chi connectivity index (χ0) is 10.2. The summed E-state index contributed by atoms with van der Waals surface area (Å²) in [5.41, 5.74) is 5.19. The Morgan fingerprint density at radius 1 is 1.07 bits per heavy atom. The molecule has 3 heteroatoms. The summed E-state index contributed by atoms with van der Waals surface area (Å²) in [4.78, 5) is 0. The maximum absolute atomic E-state index is 2.42. The predicted octanol–water partition coefficient (Wildman–Crippen LogP) is 4.81. The van der Waals surface area contributed by atoms with Gasteiger partial charge < -0.3 is 0 Å². The van der Waals surface area contributed by atoms with Crippen LogP contribution in [0.2, 0.25) is 0 Å². The zero-order valence-electron chi connectivity index (χ0n) is 10.2. The van der Waals surface area contributed by atoms with Crippen LogP contribution in [0.4, 0.5) is 0 Å². The fourth-order valence-corrected chi connectivity index (χ4v) is 4.09. The molecule has 1 atom stereocenters. The summed E-state index contributed by atoms with van der Waals surface area (Å²) in [6, 6.07) is 0. The van der Waals surface area contributed by atoms with Crippen molar-refractivity contribution in [3.63, 3.8) is 0 Å². The SMILES string of the molecule is CCCC1(C)C(C)=C(C)C(C)=[C]1[Hf].Cl.Cl. The Morgan fingerprint density at radius 2 is 1.53 bits per heavy atom. The second-order valence-corrected chi connectivity index (χ2v) is 6.13. The van der Waals surface area contributed by atoms with Crippen LogP contribution in [-0.4, -0.2) is 0 Å². The van der Waals surface area contributed by atoms with Gasteiger partial charge in [0, 0.05) is 0 Å². The molecule has 0 N–H and O–H groups in total. The molecule has 0 saturated carbocycles. The van der Waals surface area contributed by atoms with Gasteiger partial charge in [-0.1, -0.05) is 0 Å². The van der Waals surface area contributed by atoms with E-state index < -0.39 is 0 Å². The monoisotopic (exact) mass is 415 g/mol. The third-order valence-corrected chi connectivity index (χ3v) is 6.96. The molecule has 0 amide bonds. The van der Waals surface area contributed by atoms with Crippen molar-refractivity contribution in [3.05, 3.63) is 20.0 Å². The molecule has 0 aromatic rings. The predicted molar refractivity (Wildman–Crippen MR) is 68.6 cm³/mol. The molecule has 0 aliphatic heterocycles. The van der Waals surface area contributed by atoms with E-state index in [0.717, 1.165) is 0 Å². The molecule has 0 aromatic carbocycles. The van der Waals surface area contributed by atoms with Crippen LogP contribution in [0.3, 0.4) is 0 Å². The summed E-state index contributed by atoms with van der Waals surface area (Å²) in [7, 11) is 0. The molecule has 0 heterocycles. The fourth-order valence-electron chi connectivity index (χ4n) is 2.30. The van der Waals surface area contributed by atoms with Crippen molar-refractivity contribution in [2.75, 3.05) is 0 Å². The van der Waals surface area contributed by atoms with Crippen molar-refractivity contribution >= 4 is 24.8 Å². The maximum atomic E-state index is 2.42. The van der Waals surface area contributed by atoms with Crippen LogP contribution in [0, 0.1) is 5.41 Å². The average Bonchev–Trinajstić information content (AvgIpc) is 2.23. The van der Waals surface area contributed by atoms with Gasteiger partial charge in [-0.3, -0.25) is 0 Å². The van der Waals surface area contributed by atoms with Crippen LogP contribution in [0.1, 0.15) is 47.5 Å². The fraction of sp³-hybridized carbons (Fsp3) is 0.667. The van der Waals surface area contributed by atoms with E-state index in [1.165, 1.54) is 37.2 Å². The Kier molecular flexibility index (Phi) is 8.07. The third kappa shape index (κ3) is 2.98. The van der Waals surface area contributed by atoms with Crippen molar-refractivity contribution < 1.29 is 24.4 Å². The number of rotatable bonds is 2. The molecule has 0 spiro atoms. The molecule has 0 radical (unpaired) electrons. The molecule has 0 nitrogen and oxygen atoms in total. The first kappa shape index (κ1) is 18.3. The van der Waals surface area contributed by atoms with E-state index in [1.807, 2.05) is 0 Å². The van der Waals surface area contributed by atoms with Gasteiger partial charge in [0.15, 0.2) is 0 Å². The second-order valence-electron chi connectivity index (χ2n) is 4.33. The second kappa shape index (κ2) is 6.61. The molecule has 0 bridgehead atoms. The van der Waals surface area contributed by atoms with Crippen LogP contribution in [0.15, 0.2) is 20.0 Å². The average molecular weight is 415 g/mol. The van der Waals surface area contributed by atoms with E-state index in [1.54, 1.807) is 20.0 Å². The van der Waals surface area contributed by atoms with Crippen molar-refractivity contribution in [2.24, 2.45) is 5.41 Å². The maximum Gasteiger partial charge on any atom is -0.147 e. The van der Waals surface area contributed by atoms with Gasteiger partial charge in [0.1, 0.15) is 0 Å². The first-order chi connectivity index (χ1) is 5.95. The van der Waals surface area contributed by atoms with Crippen LogP contribution in [-0.2, 0) is 24.4 Å². The Labute approximate surface area is 121 Å². The van der Waals surface area contributed by atoms with Crippen molar-refractivity contribution in [1.29, 1.82) is 0 Å². The van der Waals surface area contributed by atoms with Gasteiger partial charge in [-0.2, -0.15) is 0 Å². The molecule has 1 aliphatic rings.